The Morgan fingerprint density at radius 2 is 1.81 bits per heavy atom. The van der Waals surface area contributed by atoms with Crippen LogP contribution in [0.2, 0.25) is 0 Å². The van der Waals surface area contributed by atoms with E-state index in [4.69, 9.17) is 5.73 Å². The third-order valence-corrected chi connectivity index (χ3v) is 4.64. The van der Waals surface area contributed by atoms with Crippen LogP contribution in [0.5, 0.6) is 0 Å². The third-order valence-electron chi connectivity index (χ3n) is 4.64. The van der Waals surface area contributed by atoms with Crippen molar-refractivity contribution in [3.05, 3.63) is 47.3 Å². The summed E-state index contributed by atoms with van der Waals surface area (Å²) >= 11 is 0. The fourth-order valence-electron chi connectivity index (χ4n) is 2.62. The number of rotatable bonds is 6. The van der Waals surface area contributed by atoms with E-state index in [1.54, 1.807) is 25.1 Å². The lowest BCUT2D eigenvalue weighted by atomic mass is 9.94. The molecule has 0 saturated heterocycles. The van der Waals surface area contributed by atoms with Crippen LogP contribution >= 0.6 is 12.4 Å². The topological polar surface area (TPSA) is 72.9 Å². The highest BCUT2D eigenvalue weighted by Crippen LogP contribution is 2.34. The predicted molar refractivity (Wildman–Crippen MR) is 100 cm³/mol. The highest BCUT2D eigenvalue weighted by molar-refractivity contribution is 5.95. The van der Waals surface area contributed by atoms with E-state index in [1.165, 1.54) is 6.07 Å². The van der Waals surface area contributed by atoms with Crippen molar-refractivity contribution in [2.24, 2.45) is 5.73 Å². The number of aryl methyl sites for hydroxylation is 1. The Bertz CT molecular complexity index is 785. The summed E-state index contributed by atoms with van der Waals surface area (Å²) in [7, 11) is 0. The van der Waals surface area contributed by atoms with Gasteiger partial charge in [0.2, 0.25) is 0 Å². The van der Waals surface area contributed by atoms with Crippen LogP contribution in [0, 0.1) is 6.92 Å². The molecule has 0 saturated carbocycles. The van der Waals surface area contributed by atoms with E-state index in [2.05, 4.69) is 10.4 Å². The molecule has 0 fully saturated rings. The zero-order chi connectivity index (χ0) is 19.5. The number of nitrogens with zero attached hydrogens (tertiary/aromatic N) is 2. The van der Waals surface area contributed by atoms with E-state index in [-0.39, 0.29) is 24.6 Å². The van der Waals surface area contributed by atoms with Crippen LogP contribution in [-0.2, 0) is 6.18 Å². The van der Waals surface area contributed by atoms with Gasteiger partial charge in [0, 0.05) is 12.1 Å². The average molecular weight is 405 g/mol. The van der Waals surface area contributed by atoms with Crippen LogP contribution in [0.4, 0.5) is 13.2 Å². The number of para-hydroxylation sites is 1. The van der Waals surface area contributed by atoms with Crippen molar-refractivity contribution >= 4 is 18.3 Å². The van der Waals surface area contributed by atoms with Crippen LogP contribution in [0.1, 0.15) is 48.3 Å². The molecule has 5 nitrogen and oxygen atoms in total. The Kier molecular flexibility index (Phi) is 7.45. The maximum atomic E-state index is 13.7. The summed E-state index contributed by atoms with van der Waals surface area (Å²) in [5.41, 5.74) is 4.73. The minimum absolute atomic E-state index is 0. The normalized spacial score (nSPS) is 11.8. The lowest BCUT2D eigenvalue weighted by Crippen LogP contribution is -2.49. The molecule has 0 aliphatic carbocycles. The molecule has 1 aromatic carbocycles. The first kappa shape index (κ1) is 23.0. The Hall–Kier alpha value is -2.06. The molecular weight excluding hydrogens is 381 g/mol. The second kappa shape index (κ2) is 8.75. The van der Waals surface area contributed by atoms with E-state index in [0.29, 0.717) is 18.4 Å². The average Bonchev–Trinajstić information content (AvgIpc) is 3.05. The summed E-state index contributed by atoms with van der Waals surface area (Å²) in [6.45, 7) is 5.51. The number of nitrogens with two attached hydrogens (primary N) is 1. The molecule has 150 valence electrons. The van der Waals surface area contributed by atoms with Gasteiger partial charge in [-0.15, -0.1) is 12.4 Å². The predicted octanol–water partition coefficient (Wildman–Crippen LogP) is 3.87. The molecule has 1 amide bonds. The van der Waals surface area contributed by atoms with Crippen molar-refractivity contribution in [3.63, 3.8) is 0 Å². The molecule has 0 aliphatic rings. The summed E-state index contributed by atoms with van der Waals surface area (Å²) in [5.74, 6) is -0.839. The second-order valence-corrected chi connectivity index (χ2v) is 6.36. The van der Waals surface area contributed by atoms with Gasteiger partial charge in [-0.3, -0.25) is 4.79 Å². The van der Waals surface area contributed by atoms with Gasteiger partial charge in [0.05, 0.1) is 17.4 Å². The van der Waals surface area contributed by atoms with E-state index >= 15 is 0 Å². The number of benzene rings is 1. The molecule has 3 N–H and O–H groups in total. The maximum absolute atomic E-state index is 13.7. The number of nitrogens with one attached hydrogen (secondary N) is 1. The van der Waals surface area contributed by atoms with Gasteiger partial charge in [-0.25, -0.2) is 4.68 Å². The van der Waals surface area contributed by atoms with E-state index in [0.717, 1.165) is 10.9 Å². The Morgan fingerprint density at radius 1 is 1.22 bits per heavy atom. The zero-order valence-electron chi connectivity index (χ0n) is 15.4. The maximum Gasteiger partial charge on any atom is 0.434 e. The first-order chi connectivity index (χ1) is 12.1. The van der Waals surface area contributed by atoms with Gasteiger partial charge in [-0.2, -0.15) is 18.3 Å². The number of halogens is 4. The molecule has 27 heavy (non-hydrogen) atoms. The molecule has 1 aromatic heterocycles. The first-order valence-electron chi connectivity index (χ1n) is 8.41. The molecule has 0 aliphatic heterocycles. The fourth-order valence-corrected chi connectivity index (χ4v) is 2.62. The summed E-state index contributed by atoms with van der Waals surface area (Å²) in [4.78, 5) is 12.4. The molecule has 2 rings (SSSR count). The number of alkyl halides is 3. The summed E-state index contributed by atoms with van der Waals surface area (Å²) in [6.07, 6.45) is -2.60. The van der Waals surface area contributed by atoms with E-state index in [9.17, 15) is 18.0 Å². The van der Waals surface area contributed by atoms with E-state index in [1.807, 2.05) is 13.8 Å². The lowest BCUT2D eigenvalue weighted by molar-refractivity contribution is -0.143. The molecule has 1 heterocycles. The smallest absolute Gasteiger partial charge is 0.350 e. The number of carbonyl (C=O) groups excluding carboxylic acids is 1. The first-order valence-corrected chi connectivity index (χ1v) is 8.41. The SMILES string of the molecule is CCC(N)(CC)CNC(=O)c1cnn(-c2ccccc2C)c1C(F)(F)F.Cl. The summed E-state index contributed by atoms with van der Waals surface area (Å²) in [6, 6.07) is 6.55. The molecule has 2 aromatic rings. The van der Waals surface area contributed by atoms with Crippen LogP contribution in [0.25, 0.3) is 5.69 Å². The number of amides is 1. The minimum Gasteiger partial charge on any atom is -0.350 e. The largest absolute Gasteiger partial charge is 0.434 e. The minimum atomic E-state index is -4.74. The molecule has 0 radical (unpaired) electrons. The molecule has 9 heteroatoms. The van der Waals surface area contributed by atoms with Gasteiger partial charge < -0.3 is 11.1 Å². The highest BCUT2D eigenvalue weighted by atomic mass is 35.5. The Morgan fingerprint density at radius 3 is 2.33 bits per heavy atom. The van der Waals surface area contributed by atoms with Gasteiger partial charge in [-0.05, 0) is 31.4 Å². The number of carbonyl (C=O) groups is 1. The van der Waals surface area contributed by atoms with Crippen LogP contribution < -0.4 is 11.1 Å². The number of aromatic nitrogens is 2. The highest BCUT2D eigenvalue weighted by Gasteiger charge is 2.41. The zero-order valence-corrected chi connectivity index (χ0v) is 16.2. The standard InChI is InChI=1S/C18H23F3N4O.ClH/c1-4-17(22,5-2)11-23-16(26)13-10-24-25(15(13)18(19,20)21)14-9-7-6-8-12(14)3;/h6-10H,4-5,11,22H2,1-3H3,(H,23,26);1H. The van der Waals surface area contributed by atoms with Crippen LogP contribution in [0.15, 0.2) is 30.5 Å². The molecule has 0 spiro atoms. The van der Waals surface area contributed by atoms with Crippen molar-refractivity contribution in [3.8, 4) is 5.69 Å². The fraction of sp³-hybridized carbons (Fsp3) is 0.444. The van der Waals surface area contributed by atoms with Gasteiger partial charge in [-0.1, -0.05) is 32.0 Å². The number of hydrogen-bond donors (Lipinski definition) is 2. The molecule has 0 bridgehead atoms. The molecule has 0 atom stereocenters. The lowest BCUT2D eigenvalue weighted by Gasteiger charge is -2.26. The molecular formula is C18H24ClF3N4O. The van der Waals surface area contributed by atoms with Gasteiger partial charge in [0.1, 0.15) is 0 Å². The van der Waals surface area contributed by atoms with Crippen molar-refractivity contribution < 1.29 is 18.0 Å². The van der Waals surface area contributed by atoms with Crippen molar-refractivity contribution in [2.75, 3.05) is 6.54 Å². The van der Waals surface area contributed by atoms with E-state index < -0.39 is 28.9 Å². The van der Waals surface area contributed by atoms with Gasteiger partial charge in [0.25, 0.3) is 5.91 Å². The third kappa shape index (κ3) is 5.01. The summed E-state index contributed by atoms with van der Waals surface area (Å²) in [5, 5.41) is 6.34. The molecule has 0 unspecified atom stereocenters. The second-order valence-electron chi connectivity index (χ2n) is 6.36. The van der Waals surface area contributed by atoms with Crippen LogP contribution in [0.3, 0.4) is 0 Å². The Labute approximate surface area is 162 Å². The number of hydrogen-bond acceptors (Lipinski definition) is 3. The summed E-state index contributed by atoms with van der Waals surface area (Å²) < 4.78 is 41.7. The monoisotopic (exact) mass is 404 g/mol. The quantitative estimate of drug-likeness (QED) is 0.767. The van der Waals surface area contributed by atoms with Crippen molar-refractivity contribution in [1.29, 1.82) is 0 Å². The van der Waals surface area contributed by atoms with Crippen molar-refractivity contribution in [2.45, 2.75) is 45.3 Å². The van der Waals surface area contributed by atoms with Crippen LogP contribution in [-0.4, -0.2) is 27.8 Å². The van der Waals surface area contributed by atoms with Crippen molar-refractivity contribution in [1.82, 2.24) is 15.1 Å². The Balaban J connectivity index is 0.00000364. The van der Waals surface area contributed by atoms with Gasteiger partial charge in [0.15, 0.2) is 5.69 Å². The van der Waals surface area contributed by atoms with Gasteiger partial charge >= 0.3 is 6.18 Å².